The Labute approximate surface area is 161 Å². The molecule has 1 aromatic rings. The normalized spacial score (nSPS) is 15.6. The summed E-state index contributed by atoms with van der Waals surface area (Å²) in [5, 5.41) is 2.81. The highest BCUT2D eigenvalue weighted by Crippen LogP contribution is 2.37. The van der Waals surface area contributed by atoms with Crippen LogP contribution in [-0.2, 0) is 9.53 Å². The molecule has 2 rings (SSSR count). The molecule has 1 atom stereocenters. The van der Waals surface area contributed by atoms with Crippen molar-refractivity contribution in [3.63, 3.8) is 0 Å². The molecule has 1 aliphatic rings. The molecule has 0 bridgehead atoms. The summed E-state index contributed by atoms with van der Waals surface area (Å²) in [6.45, 7) is 3.36. The zero-order chi connectivity index (χ0) is 19.8. The topological polar surface area (TPSA) is 77.1 Å². The monoisotopic (exact) mass is 378 g/mol. The molecule has 7 heteroatoms. The number of rotatable bonds is 7. The van der Waals surface area contributed by atoms with Gasteiger partial charge in [0.05, 0.1) is 19.9 Å². The number of ether oxygens (including phenoxy) is 3. The lowest BCUT2D eigenvalue weighted by Crippen LogP contribution is -2.32. The van der Waals surface area contributed by atoms with Gasteiger partial charge in [-0.2, -0.15) is 0 Å². The van der Waals surface area contributed by atoms with Gasteiger partial charge in [0, 0.05) is 25.8 Å². The highest BCUT2D eigenvalue weighted by Gasteiger charge is 2.24. The molecular weight excluding hydrogens is 348 g/mol. The predicted molar refractivity (Wildman–Crippen MR) is 104 cm³/mol. The average Bonchev–Trinajstić information content (AvgIpc) is 2.97. The molecule has 0 saturated carbocycles. The number of likely N-dealkylation sites (tertiary alicyclic amines) is 1. The van der Waals surface area contributed by atoms with E-state index in [2.05, 4.69) is 5.32 Å². The van der Waals surface area contributed by atoms with Crippen LogP contribution in [-0.4, -0.2) is 57.2 Å². The molecule has 1 unspecified atom stereocenters. The lowest BCUT2D eigenvalue weighted by Gasteiger charge is -2.22. The van der Waals surface area contributed by atoms with Crippen molar-refractivity contribution in [1.29, 1.82) is 0 Å². The van der Waals surface area contributed by atoms with Crippen LogP contribution >= 0.6 is 0 Å². The van der Waals surface area contributed by atoms with Crippen molar-refractivity contribution in [3.8, 4) is 11.5 Å². The van der Waals surface area contributed by atoms with E-state index in [4.69, 9.17) is 14.2 Å². The summed E-state index contributed by atoms with van der Waals surface area (Å²) in [6.07, 6.45) is 4.27. The number of anilines is 1. The second-order valence-electron chi connectivity index (χ2n) is 6.59. The molecule has 1 heterocycles. The van der Waals surface area contributed by atoms with Gasteiger partial charge in [0.25, 0.3) is 11.8 Å². The quantitative estimate of drug-likeness (QED) is 0.789. The largest absolute Gasteiger partial charge is 0.493 e. The maximum absolute atomic E-state index is 13.0. The van der Waals surface area contributed by atoms with Crippen molar-refractivity contribution < 1.29 is 23.8 Å². The molecule has 0 aromatic heterocycles. The maximum Gasteiger partial charge on any atom is 0.254 e. The Bertz CT molecular complexity index is 650. The molecule has 0 aliphatic carbocycles. The Balaban J connectivity index is 2.35. The minimum atomic E-state index is -0.578. The molecular formula is C20H30N2O5. The maximum atomic E-state index is 13.0. The van der Waals surface area contributed by atoms with Crippen molar-refractivity contribution in [3.05, 3.63) is 17.7 Å². The van der Waals surface area contributed by atoms with Crippen LogP contribution in [0, 0.1) is 0 Å². The standard InChI is InChI=1S/C20H30N2O5/c1-5-16(25-2)19(23)21-15-12-14(13-17(26-3)18(15)27-4)20(24)22-10-8-6-7-9-11-22/h12-13,16H,5-11H2,1-4H3,(H,21,23). The van der Waals surface area contributed by atoms with E-state index in [1.165, 1.54) is 21.3 Å². The van der Waals surface area contributed by atoms with Gasteiger partial charge in [-0.25, -0.2) is 0 Å². The molecule has 1 saturated heterocycles. The van der Waals surface area contributed by atoms with E-state index in [0.29, 0.717) is 29.2 Å². The fourth-order valence-corrected chi connectivity index (χ4v) is 3.31. The van der Waals surface area contributed by atoms with Gasteiger partial charge < -0.3 is 24.4 Å². The van der Waals surface area contributed by atoms with E-state index >= 15 is 0 Å². The molecule has 1 aliphatic heterocycles. The van der Waals surface area contributed by atoms with Gasteiger partial charge in [0.15, 0.2) is 11.5 Å². The Morgan fingerprint density at radius 2 is 1.74 bits per heavy atom. The predicted octanol–water partition coefficient (Wildman–Crippen LogP) is 3.08. The number of carbonyl (C=O) groups excluding carboxylic acids is 2. The number of methoxy groups -OCH3 is 3. The SMILES string of the molecule is CCC(OC)C(=O)Nc1cc(C(=O)N2CCCCCC2)cc(OC)c1OC. The molecule has 1 fully saturated rings. The van der Waals surface area contributed by atoms with E-state index in [9.17, 15) is 9.59 Å². The van der Waals surface area contributed by atoms with Crippen molar-refractivity contribution in [2.45, 2.75) is 45.1 Å². The first-order valence-corrected chi connectivity index (χ1v) is 9.44. The van der Waals surface area contributed by atoms with Crippen LogP contribution in [0.2, 0.25) is 0 Å². The van der Waals surface area contributed by atoms with Crippen molar-refractivity contribution in [2.24, 2.45) is 0 Å². The van der Waals surface area contributed by atoms with Gasteiger partial charge in [0.2, 0.25) is 0 Å². The van der Waals surface area contributed by atoms with Crippen molar-refractivity contribution in [2.75, 3.05) is 39.7 Å². The van der Waals surface area contributed by atoms with E-state index in [0.717, 1.165) is 38.8 Å². The molecule has 150 valence electrons. The number of hydrogen-bond donors (Lipinski definition) is 1. The Hall–Kier alpha value is -2.28. The smallest absolute Gasteiger partial charge is 0.254 e. The highest BCUT2D eigenvalue weighted by atomic mass is 16.5. The van der Waals surface area contributed by atoms with Crippen LogP contribution in [0.4, 0.5) is 5.69 Å². The van der Waals surface area contributed by atoms with Gasteiger partial charge in [0.1, 0.15) is 6.10 Å². The van der Waals surface area contributed by atoms with E-state index in [1.807, 2.05) is 11.8 Å². The number of carbonyl (C=O) groups is 2. The lowest BCUT2D eigenvalue weighted by atomic mass is 10.1. The zero-order valence-electron chi connectivity index (χ0n) is 16.7. The third-order valence-corrected chi connectivity index (χ3v) is 4.82. The summed E-state index contributed by atoms with van der Waals surface area (Å²) in [5.74, 6) is 0.426. The van der Waals surface area contributed by atoms with Gasteiger partial charge in [-0.15, -0.1) is 0 Å². The lowest BCUT2D eigenvalue weighted by molar-refractivity contribution is -0.125. The fourth-order valence-electron chi connectivity index (χ4n) is 3.31. The van der Waals surface area contributed by atoms with Crippen molar-refractivity contribution >= 4 is 17.5 Å². The van der Waals surface area contributed by atoms with Crippen LogP contribution in [0.1, 0.15) is 49.4 Å². The minimum absolute atomic E-state index is 0.0628. The number of nitrogens with one attached hydrogen (secondary N) is 1. The van der Waals surface area contributed by atoms with Crippen LogP contribution in [0.3, 0.4) is 0 Å². The first kappa shape index (κ1) is 21.0. The first-order chi connectivity index (χ1) is 13.0. The number of amides is 2. The fraction of sp³-hybridized carbons (Fsp3) is 0.600. The zero-order valence-corrected chi connectivity index (χ0v) is 16.7. The summed E-state index contributed by atoms with van der Waals surface area (Å²) in [7, 11) is 4.50. The molecule has 0 spiro atoms. The number of hydrogen-bond acceptors (Lipinski definition) is 5. The molecule has 27 heavy (non-hydrogen) atoms. The Morgan fingerprint density at radius 3 is 2.26 bits per heavy atom. The average molecular weight is 378 g/mol. The third-order valence-electron chi connectivity index (χ3n) is 4.82. The molecule has 1 N–H and O–H groups in total. The second kappa shape index (κ2) is 10.2. The van der Waals surface area contributed by atoms with Gasteiger partial charge in [-0.1, -0.05) is 19.8 Å². The van der Waals surface area contributed by atoms with Gasteiger partial charge >= 0.3 is 0 Å². The van der Waals surface area contributed by atoms with E-state index in [-0.39, 0.29) is 11.8 Å². The van der Waals surface area contributed by atoms with Crippen LogP contribution < -0.4 is 14.8 Å². The summed E-state index contributed by atoms with van der Waals surface area (Å²) in [4.78, 5) is 27.3. The Morgan fingerprint density at radius 1 is 1.07 bits per heavy atom. The minimum Gasteiger partial charge on any atom is -0.493 e. The van der Waals surface area contributed by atoms with Crippen LogP contribution in [0.25, 0.3) is 0 Å². The van der Waals surface area contributed by atoms with Gasteiger partial charge in [-0.05, 0) is 31.4 Å². The Kier molecular flexibility index (Phi) is 7.91. The van der Waals surface area contributed by atoms with Gasteiger partial charge in [-0.3, -0.25) is 9.59 Å². The summed E-state index contributed by atoms with van der Waals surface area (Å²) >= 11 is 0. The molecule has 0 radical (unpaired) electrons. The molecule has 1 aromatic carbocycles. The first-order valence-electron chi connectivity index (χ1n) is 9.44. The summed E-state index contributed by atoms with van der Waals surface area (Å²) in [6, 6.07) is 3.31. The van der Waals surface area contributed by atoms with Crippen LogP contribution in [0.5, 0.6) is 11.5 Å². The molecule has 7 nitrogen and oxygen atoms in total. The highest BCUT2D eigenvalue weighted by molar-refractivity contribution is 6.00. The van der Waals surface area contributed by atoms with Crippen LogP contribution in [0.15, 0.2) is 12.1 Å². The second-order valence-corrected chi connectivity index (χ2v) is 6.59. The number of benzene rings is 1. The summed E-state index contributed by atoms with van der Waals surface area (Å²) in [5.41, 5.74) is 0.867. The third kappa shape index (κ3) is 5.13. The summed E-state index contributed by atoms with van der Waals surface area (Å²) < 4.78 is 16.0. The molecule has 2 amide bonds. The van der Waals surface area contributed by atoms with E-state index < -0.39 is 6.10 Å². The van der Waals surface area contributed by atoms with Crippen molar-refractivity contribution in [1.82, 2.24) is 4.90 Å². The van der Waals surface area contributed by atoms with E-state index in [1.54, 1.807) is 12.1 Å². The number of nitrogens with zero attached hydrogens (tertiary/aromatic N) is 1.